The number of aliphatic carboxylic acids is 1. The normalized spacial score (nSPS) is 15.6. The van der Waals surface area contributed by atoms with E-state index >= 15 is 0 Å². The second kappa shape index (κ2) is 5.65. The van der Waals surface area contributed by atoms with Gasteiger partial charge in [-0.1, -0.05) is 0 Å². The Bertz CT molecular complexity index is 274. The Morgan fingerprint density at radius 3 is 2.19 bits per heavy atom. The van der Waals surface area contributed by atoms with Crippen LogP contribution in [0.25, 0.3) is 0 Å². The number of rotatable bonds is 7. The number of carbonyl (C=O) groups is 2. The molecule has 0 aromatic rings. The predicted octanol–water partition coefficient (Wildman–Crippen LogP) is -1.55. The van der Waals surface area contributed by atoms with Gasteiger partial charge in [0.2, 0.25) is 0 Å². The zero-order valence-corrected chi connectivity index (χ0v) is 10.8. The lowest BCUT2D eigenvalue weighted by Crippen LogP contribution is -2.56. The Kier molecular flexibility index (Phi) is 5.44. The van der Waals surface area contributed by atoms with Gasteiger partial charge in [0, 0.05) is 18.8 Å². The summed E-state index contributed by atoms with van der Waals surface area (Å²) in [5.74, 6) is -1.64. The molecule has 0 rings (SSSR count). The predicted molar refractivity (Wildman–Crippen MR) is 61.0 cm³/mol. The number of quaternary nitrogens is 1. The van der Waals surface area contributed by atoms with Crippen molar-refractivity contribution >= 4 is 24.4 Å². The van der Waals surface area contributed by atoms with Gasteiger partial charge in [0.15, 0.2) is 11.4 Å². The fourth-order valence-corrected chi connectivity index (χ4v) is 1.80. The first-order valence-electron chi connectivity index (χ1n) is 4.97. The first-order valence-corrected chi connectivity index (χ1v) is 5.61. The lowest BCUT2D eigenvalue weighted by atomic mass is 9.91. The van der Waals surface area contributed by atoms with Gasteiger partial charge in [0.05, 0.1) is 21.1 Å². The summed E-state index contributed by atoms with van der Waals surface area (Å²) >= 11 is 3.89. The Hall–Kier alpha value is -0.590. The van der Waals surface area contributed by atoms with Crippen LogP contribution in [0.4, 0.5) is 0 Å². The fraction of sp³-hybridized carbons (Fsp3) is 0.800. The van der Waals surface area contributed by atoms with Crippen LogP contribution in [0.1, 0.15) is 12.8 Å². The minimum absolute atomic E-state index is 0.0353. The van der Waals surface area contributed by atoms with E-state index in [0.29, 0.717) is 4.48 Å². The third kappa shape index (κ3) is 5.48. The maximum Gasteiger partial charge on any atom is 0.177 e. The maximum atomic E-state index is 11.7. The van der Waals surface area contributed by atoms with E-state index in [2.05, 4.69) is 12.6 Å². The van der Waals surface area contributed by atoms with Crippen LogP contribution in [0.15, 0.2) is 0 Å². The van der Waals surface area contributed by atoms with Crippen LogP contribution in [0.3, 0.4) is 0 Å². The molecule has 0 amide bonds. The van der Waals surface area contributed by atoms with Crippen molar-refractivity contribution in [3.8, 4) is 0 Å². The molecule has 0 bridgehead atoms. The number of carboxylic acid groups (broad SMARTS) is 1. The van der Waals surface area contributed by atoms with E-state index in [9.17, 15) is 19.8 Å². The first-order chi connectivity index (χ1) is 7.10. The highest BCUT2D eigenvalue weighted by molar-refractivity contribution is 7.80. The third-order valence-corrected chi connectivity index (χ3v) is 2.25. The molecule has 0 heterocycles. The quantitative estimate of drug-likeness (QED) is 0.423. The summed E-state index contributed by atoms with van der Waals surface area (Å²) in [5, 5.41) is 20.7. The van der Waals surface area contributed by atoms with Gasteiger partial charge in [-0.2, -0.15) is 12.6 Å². The van der Waals surface area contributed by atoms with Crippen molar-refractivity contribution in [1.82, 2.24) is 0 Å². The molecule has 5 nitrogen and oxygen atoms in total. The number of carbonyl (C=O) groups excluding carboxylic acids is 2. The van der Waals surface area contributed by atoms with E-state index in [1.54, 1.807) is 21.1 Å². The summed E-state index contributed by atoms with van der Waals surface area (Å²) in [5.41, 5.74) is -1.86. The molecule has 0 fully saturated rings. The molecule has 0 aliphatic carbocycles. The SMILES string of the molecule is C[N+](C)(C)CC(O)(CC(=O)[O-])C(=O)CCS. The van der Waals surface area contributed by atoms with Crippen LogP contribution in [0, 0.1) is 0 Å². The van der Waals surface area contributed by atoms with Crippen LogP contribution in [0.2, 0.25) is 0 Å². The molecular formula is C10H19NO4S. The molecule has 1 unspecified atom stereocenters. The minimum atomic E-state index is -1.86. The summed E-state index contributed by atoms with van der Waals surface area (Å²) in [4.78, 5) is 22.2. The van der Waals surface area contributed by atoms with Gasteiger partial charge >= 0.3 is 0 Å². The zero-order chi connectivity index (χ0) is 13.0. The molecule has 6 heteroatoms. The molecule has 1 N–H and O–H groups in total. The number of Topliss-reactive ketones (excluding diaryl/α,β-unsaturated/α-hetero) is 1. The zero-order valence-electron chi connectivity index (χ0n) is 9.89. The van der Waals surface area contributed by atoms with Gasteiger partial charge in [-0.15, -0.1) is 0 Å². The molecular weight excluding hydrogens is 230 g/mol. The van der Waals surface area contributed by atoms with Gasteiger partial charge in [-0.3, -0.25) is 4.79 Å². The molecule has 0 spiro atoms. The Labute approximate surface area is 101 Å². The highest BCUT2D eigenvalue weighted by Gasteiger charge is 2.40. The largest absolute Gasteiger partial charge is 0.550 e. The number of likely N-dealkylation sites (N-methyl/N-ethyl adjacent to an activating group) is 1. The van der Waals surface area contributed by atoms with Crippen molar-refractivity contribution in [2.45, 2.75) is 18.4 Å². The van der Waals surface area contributed by atoms with Gasteiger partial charge in [0.25, 0.3) is 0 Å². The van der Waals surface area contributed by atoms with Crippen molar-refractivity contribution in [2.24, 2.45) is 0 Å². The first kappa shape index (κ1) is 15.4. The standard InChI is InChI=1S/C10H19NO4S/c1-11(2,3)7-10(15,6-9(13)14)8(12)4-5-16/h15H,4-7H2,1-3H3,(H-,13,14,16). The van der Waals surface area contributed by atoms with Crippen molar-refractivity contribution < 1.29 is 24.3 Å². The van der Waals surface area contributed by atoms with Crippen LogP contribution in [0.5, 0.6) is 0 Å². The monoisotopic (exact) mass is 249 g/mol. The minimum Gasteiger partial charge on any atom is -0.550 e. The lowest BCUT2D eigenvalue weighted by Gasteiger charge is -2.34. The Balaban J connectivity index is 4.87. The number of aliphatic hydroxyl groups is 1. The molecule has 0 aliphatic rings. The molecule has 0 saturated carbocycles. The van der Waals surface area contributed by atoms with Crippen LogP contribution < -0.4 is 5.11 Å². The topological polar surface area (TPSA) is 77.4 Å². The summed E-state index contributed by atoms with van der Waals surface area (Å²) in [6, 6.07) is 0. The molecule has 0 aromatic carbocycles. The van der Waals surface area contributed by atoms with E-state index in [-0.39, 0.29) is 18.7 Å². The smallest absolute Gasteiger partial charge is 0.177 e. The summed E-state index contributed by atoms with van der Waals surface area (Å²) in [6.07, 6.45) is -0.623. The fourth-order valence-electron chi connectivity index (χ4n) is 1.60. The summed E-state index contributed by atoms with van der Waals surface area (Å²) in [6.45, 7) is 0.0353. The van der Waals surface area contributed by atoms with Crippen molar-refractivity contribution in [3.63, 3.8) is 0 Å². The number of ketones is 1. The second-order valence-electron chi connectivity index (χ2n) is 4.93. The van der Waals surface area contributed by atoms with Crippen molar-refractivity contribution in [1.29, 1.82) is 0 Å². The molecule has 1 atom stereocenters. The lowest BCUT2D eigenvalue weighted by molar-refractivity contribution is -0.875. The number of thiol groups is 1. The third-order valence-electron chi connectivity index (χ3n) is 2.03. The van der Waals surface area contributed by atoms with E-state index < -0.39 is 23.8 Å². The number of hydrogen-bond acceptors (Lipinski definition) is 5. The molecule has 16 heavy (non-hydrogen) atoms. The van der Waals surface area contributed by atoms with E-state index in [1.807, 2.05) is 0 Å². The van der Waals surface area contributed by atoms with Gasteiger partial charge < -0.3 is 19.5 Å². The molecule has 0 aliphatic heterocycles. The number of hydrogen-bond donors (Lipinski definition) is 2. The van der Waals surface area contributed by atoms with E-state index in [4.69, 9.17) is 0 Å². The Morgan fingerprint density at radius 1 is 1.38 bits per heavy atom. The number of nitrogens with zero attached hydrogens (tertiary/aromatic N) is 1. The molecule has 0 radical (unpaired) electrons. The molecule has 94 valence electrons. The average molecular weight is 249 g/mol. The van der Waals surface area contributed by atoms with Gasteiger partial charge in [-0.05, 0) is 5.75 Å². The van der Waals surface area contributed by atoms with Crippen molar-refractivity contribution in [3.05, 3.63) is 0 Å². The summed E-state index contributed by atoms with van der Waals surface area (Å²) in [7, 11) is 5.32. The highest BCUT2D eigenvalue weighted by atomic mass is 32.1. The molecule has 0 saturated heterocycles. The van der Waals surface area contributed by atoms with E-state index in [0.717, 1.165) is 0 Å². The van der Waals surface area contributed by atoms with Crippen LogP contribution >= 0.6 is 12.6 Å². The average Bonchev–Trinajstić information content (AvgIpc) is 1.98. The number of carboxylic acids is 1. The summed E-state index contributed by atoms with van der Waals surface area (Å²) < 4.78 is 0.294. The Morgan fingerprint density at radius 2 is 1.88 bits per heavy atom. The maximum absolute atomic E-state index is 11.7. The van der Waals surface area contributed by atoms with Gasteiger partial charge in [0.1, 0.15) is 6.54 Å². The van der Waals surface area contributed by atoms with Crippen molar-refractivity contribution in [2.75, 3.05) is 33.4 Å². The molecule has 0 aromatic heterocycles. The van der Waals surface area contributed by atoms with Gasteiger partial charge in [-0.25, -0.2) is 0 Å². The highest BCUT2D eigenvalue weighted by Crippen LogP contribution is 2.17. The van der Waals surface area contributed by atoms with E-state index in [1.165, 1.54) is 0 Å². The van der Waals surface area contributed by atoms with Crippen LogP contribution in [-0.4, -0.2) is 60.4 Å². The second-order valence-corrected chi connectivity index (χ2v) is 5.37. The van der Waals surface area contributed by atoms with Crippen LogP contribution in [-0.2, 0) is 9.59 Å².